The van der Waals surface area contributed by atoms with E-state index in [1.165, 1.54) is 63.4 Å². The summed E-state index contributed by atoms with van der Waals surface area (Å²) >= 11 is 0. The smallest absolute Gasteiger partial charge is 0.160 e. The zero-order valence-corrected chi connectivity index (χ0v) is 15.5. The summed E-state index contributed by atoms with van der Waals surface area (Å²) in [5, 5.41) is 20.2. The number of benzene rings is 1. The van der Waals surface area contributed by atoms with Gasteiger partial charge in [0, 0.05) is 0 Å². The van der Waals surface area contributed by atoms with E-state index >= 15 is 0 Å². The highest BCUT2D eigenvalue weighted by Crippen LogP contribution is 2.50. The first kappa shape index (κ1) is 17.6. The van der Waals surface area contributed by atoms with Gasteiger partial charge in [-0.2, -0.15) is 0 Å². The highest BCUT2D eigenvalue weighted by atomic mass is 16.3. The molecule has 2 fully saturated rings. The number of aryl methyl sites for hydroxylation is 2. The van der Waals surface area contributed by atoms with Crippen molar-refractivity contribution in [3.8, 4) is 11.5 Å². The van der Waals surface area contributed by atoms with Crippen LogP contribution in [0.4, 0.5) is 0 Å². The first-order valence-electron chi connectivity index (χ1n) is 9.93. The number of rotatable bonds is 10. The fourth-order valence-electron chi connectivity index (χ4n) is 3.75. The van der Waals surface area contributed by atoms with Gasteiger partial charge >= 0.3 is 0 Å². The summed E-state index contributed by atoms with van der Waals surface area (Å²) in [6, 6.07) is 3.87. The molecular weight excluding hydrogens is 296 g/mol. The molecule has 2 N–H and O–H groups in total. The zero-order valence-electron chi connectivity index (χ0n) is 15.5. The monoisotopic (exact) mass is 330 g/mol. The lowest BCUT2D eigenvalue weighted by molar-refractivity contribution is 0.397. The van der Waals surface area contributed by atoms with Gasteiger partial charge in [0.25, 0.3) is 0 Å². The van der Waals surface area contributed by atoms with Crippen LogP contribution in [0.2, 0.25) is 0 Å². The minimum absolute atomic E-state index is 0.0609. The van der Waals surface area contributed by atoms with Crippen LogP contribution >= 0.6 is 0 Å². The number of hydrogen-bond acceptors (Lipinski definition) is 2. The second-order valence-corrected chi connectivity index (χ2v) is 9.16. The van der Waals surface area contributed by atoms with E-state index < -0.39 is 0 Å². The van der Waals surface area contributed by atoms with Gasteiger partial charge in [-0.1, -0.05) is 32.8 Å². The third-order valence-electron chi connectivity index (χ3n) is 6.41. The maximum atomic E-state index is 10.1. The van der Waals surface area contributed by atoms with E-state index in [9.17, 15) is 10.2 Å². The van der Waals surface area contributed by atoms with Crippen LogP contribution < -0.4 is 0 Å². The minimum atomic E-state index is 0.0609. The molecule has 1 aromatic rings. The van der Waals surface area contributed by atoms with E-state index in [-0.39, 0.29) is 11.5 Å². The lowest BCUT2D eigenvalue weighted by atomic mass is 9.95. The van der Waals surface area contributed by atoms with Crippen molar-refractivity contribution in [2.45, 2.75) is 90.9 Å². The fraction of sp³-hybridized carbons (Fsp3) is 0.727. The van der Waals surface area contributed by atoms with Crippen LogP contribution in [0.5, 0.6) is 11.5 Å². The van der Waals surface area contributed by atoms with Crippen molar-refractivity contribution in [3.05, 3.63) is 23.3 Å². The van der Waals surface area contributed by atoms with Crippen LogP contribution in [0, 0.1) is 10.8 Å². The van der Waals surface area contributed by atoms with Crippen LogP contribution in [0.1, 0.15) is 89.2 Å². The Hall–Kier alpha value is -1.18. The number of hydrogen-bond donors (Lipinski definition) is 2. The number of phenols is 2. The van der Waals surface area contributed by atoms with Crippen molar-refractivity contribution in [2.24, 2.45) is 10.8 Å². The molecule has 2 saturated carbocycles. The van der Waals surface area contributed by atoms with Crippen LogP contribution in [0.3, 0.4) is 0 Å². The van der Waals surface area contributed by atoms with Gasteiger partial charge in [-0.3, -0.25) is 0 Å². The summed E-state index contributed by atoms with van der Waals surface area (Å²) < 4.78 is 0. The van der Waals surface area contributed by atoms with Crippen molar-refractivity contribution >= 4 is 0 Å². The van der Waals surface area contributed by atoms with Gasteiger partial charge in [0.1, 0.15) is 0 Å². The molecule has 0 aromatic heterocycles. The van der Waals surface area contributed by atoms with Gasteiger partial charge in [0.15, 0.2) is 11.5 Å². The average molecular weight is 331 g/mol. The molecular formula is C22H34O2. The predicted octanol–water partition coefficient (Wildman–Crippen LogP) is 6.12. The highest BCUT2D eigenvalue weighted by Gasteiger charge is 2.36. The summed E-state index contributed by atoms with van der Waals surface area (Å²) in [4.78, 5) is 0. The number of phenolic OH excluding ortho intramolecular Hbond substituents is 2. The van der Waals surface area contributed by atoms with Crippen LogP contribution in [-0.4, -0.2) is 10.2 Å². The summed E-state index contributed by atoms with van der Waals surface area (Å²) in [5.41, 5.74) is 3.36. The van der Waals surface area contributed by atoms with Gasteiger partial charge < -0.3 is 10.2 Å². The van der Waals surface area contributed by atoms with Crippen molar-refractivity contribution in [3.63, 3.8) is 0 Å². The third-order valence-corrected chi connectivity index (χ3v) is 6.41. The van der Waals surface area contributed by atoms with E-state index in [2.05, 4.69) is 19.9 Å². The van der Waals surface area contributed by atoms with Gasteiger partial charge in [-0.05, 0) is 92.2 Å². The predicted molar refractivity (Wildman–Crippen MR) is 99.6 cm³/mol. The lowest BCUT2D eigenvalue weighted by Gasteiger charge is -2.12. The third kappa shape index (κ3) is 4.91. The average Bonchev–Trinajstić information content (AvgIpc) is 3.45. The van der Waals surface area contributed by atoms with Crippen molar-refractivity contribution in [2.75, 3.05) is 0 Å². The Labute approximate surface area is 147 Å². The SMILES string of the molecule is CC1(CCCCc2cc(O)c(O)c(CCCCC3(C)CC3)c2)CC1. The highest BCUT2D eigenvalue weighted by molar-refractivity contribution is 5.47. The first-order valence-corrected chi connectivity index (χ1v) is 9.93. The normalized spacial score (nSPS) is 20.1. The van der Waals surface area contributed by atoms with Crippen LogP contribution in [0.15, 0.2) is 12.1 Å². The van der Waals surface area contributed by atoms with E-state index in [0.29, 0.717) is 10.8 Å². The molecule has 0 amide bonds. The minimum Gasteiger partial charge on any atom is -0.504 e. The fourth-order valence-corrected chi connectivity index (χ4v) is 3.75. The molecule has 0 bridgehead atoms. The van der Waals surface area contributed by atoms with Gasteiger partial charge in [0.05, 0.1) is 0 Å². The Kier molecular flexibility index (Phi) is 5.13. The zero-order chi connectivity index (χ0) is 17.2. The maximum absolute atomic E-state index is 10.1. The molecule has 0 radical (unpaired) electrons. The molecule has 2 aliphatic rings. The topological polar surface area (TPSA) is 40.5 Å². The summed E-state index contributed by atoms with van der Waals surface area (Å²) in [7, 11) is 0. The molecule has 3 rings (SSSR count). The van der Waals surface area contributed by atoms with Crippen LogP contribution in [-0.2, 0) is 12.8 Å². The quantitative estimate of drug-likeness (QED) is 0.400. The first-order chi connectivity index (χ1) is 11.4. The molecule has 2 aliphatic carbocycles. The largest absolute Gasteiger partial charge is 0.504 e. The van der Waals surface area contributed by atoms with E-state index in [1.54, 1.807) is 6.07 Å². The molecule has 0 aliphatic heterocycles. The van der Waals surface area contributed by atoms with Crippen LogP contribution in [0.25, 0.3) is 0 Å². The standard InChI is InChI=1S/C22H34O2/c1-21(11-12-21)9-5-3-7-17-15-18(20(24)19(23)16-17)8-4-6-10-22(2)13-14-22/h15-16,23-24H,3-14H2,1-2H3. The Morgan fingerprint density at radius 1 is 0.792 bits per heavy atom. The van der Waals surface area contributed by atoms with Crippen molar-refractivity contribution in [1.82, 2.24) is 0 Å². The molecule has 0 saturated heterocycles. The number of unbranched alkanes of at least 4 members (excludes halogenated alkanes) is 2. The van der Waals surface area contributed by atoms with Crippen molar-refractivity contribution in [1.29, 1.82) is 0 Å². The Morgan fingerprint density at radius 2 is 1.33 bits per heavy atom. The summed E-state index contributed by atoms with van der Waals surface area (Å²) in [6.45, 7) is 4.76. The Bertz CT molecular complexity index is 568. The Balaban J connectivity index is 1.46. The lowest BCUT2D eigenvalue weighted by Crippen LogP contribution is -1.96. The molecule has 0 spiro atoms. The molecule has 0 atom stereocenters. The maximum Gasteiger partial charge on any atom is 0.160 e. The van der Waals surface area contributed by atoms with Crippen molar-refractivity contribution < 1.29 is 10.2 Å². The van der Waals surface area contributed by atoms with Gasteiger partial charge in [-0.15, -0.1) is 0 Å². The van der Waals surface area contributed by atoms with Gasteiger partial charge in [-0.25, -0.2) is 0 Å². The van der Waals surface area contributed by atoms with E-state index in [4.69, 9.17) is 0 Å². The van der Waals surface area contributed by atoms with Gasteiger partial charge in [0.2, 0.25) is 0 Å². The second kappa shape index (κ2) is 6.98. The van der Waals surface area contributed by atoms with E-state index in [1.807, 2.05) is 0 Å². The summed E-state index contributed by atoms with van der Waals surface area (Å²) in [5.74, 6) is 0.160. The molecule has 0 unspecified atom stereocenters. The molecule has 1 aromatic carbocycles. The number of aromatic hydroxyl groups is 2. The molecule has 2 heteroatoms. The second-order valence-electron chi connectivity index (χ2n) is 9.16. The van der Waals surface area contributed by atoms with E-state index in [0.717, 1.165) is 24.8 Å². The molecule has 134 valence electrons. The molecule has 0 heterocycles. The Morgan fingerprint density at radius 3 is 1.88 bits per heavy atom. The summed E-state index contributed by atoms with van der Waals surface area (Å²) in [6.07, 6.45) is 14.9. The molecule has 2 nitrogen and oxygen atoms in total. The molecule has 24 heavy (non-hydrogen) atoms.